The van der Waals surface area contributed by atoms with Crippen molar-refractivity contribution >= 4 is 5.91 Å². The molecule has 1 N–H and O–H groups in total. The maximum absolute atomic E-state index is 13.3. The van der Waals surface area contributed by atoms with Crippen LogP contribution in [0.2, 0.25) is 0 Å². The van der Waals surface area contributed by atoms with E-state index in [-0.39, 0.29) is 5.91 Å². The molecule has 3 heterocycles. The summed E-state index contributed by atoms with van der Waals surface area (Å²) in [7, 11) is 0. The molecule has 28 heavy (non-hydrogen) atoms. The molecule has 0 aromatic carbocycles. The fraction of sp³-hybridized carbons (Fsp3) is 0.545. The number of carbonyl (C=O) groups excluding carboxylic acids is 1. The number of likely N-dealkylation sites (tertiary alicyclic amines) is 1. The molecule has 150 valence electrons. The molecular weight excluding hydrogens is 352 g/mol. The summed E-state index contributed by atoms with van der Waals surface area (Å²) in [6, 6.07) is 4.22. The smallest absolute Gasteiger partial charge is 0.274 e. The van der Waals surface area contributed by atoms with E-state index in [1.165, 1.54) is 18.5 Å². The molecule has 4 rings (SSSR count). The molecule has 1 atom stereocenters. The van der Waals surface area contributed by atoms with Gasteiger partial charge < -0.3 is 14.6 Å². The highest BCUT2D eigenvalue weighted by Crippen LogP contribution is 2.27. The van der Waals surface area contributed by atoms with E-state index in [9.17, 15) is 4.79 Å². The monoisotopic (exact) mass is 382 g/mol. The van der Waals surface area contributed by atoms with Crippen LogP contribution in [0.3, 0.4) is 0 Å². The van der Waals surface area contributed by atoms with Crippen molar-refractivity contribution in [2.75, 3.05) is 13.1 Å². The van der Waals surface area contributed by atoms with E-state index in [4.69, 9.17) is 9.52 Å². The van der Waals surface area contributed by atoms with Gasteiger partial charge in [0.05, 0.1) is 19.4 Å². The van der Waals surface area contributed by atoms with Crippen LogP contribution in [0.1, 0.15) is 59.6 Å². The van der Waals surface area contributed by atoms with Crippen molar-refractivity contribution < 1.29 is 9.21 Å². The number of amides is 1. The number of nitrogens with zero attached hydrogens (tertiary/aromatic N) is 3. The third-order valence-corrected chi connectivity index (χ3v) is 5.89. The van der Waals surface area contributed by atoms with Gasteiger partial charge in [-0.1, -0.05) is 18.9 Å². The van der Waals surface area contributed by atoms with Crippen molar-refractivity contribution in [1.29, 1.82) is 0 Å². The number of nitrogens with one attached hydrogen (secondary N) is 1. The summed E-state index contributed by atoms with van der Waals surface area (Å²) in [5.74, 6) is 1.04. The van der Waals surface area contributed by atoms with Crippen LogP contribution in [-0.4, -0.2) is 39.7 Å². The predicted molar refractivity (Wildman–Crippen MR) is 108 cm³/mol. The summed E-state index contributed by atoms with van der Waals surface area (Å²) in [6.07, 6.45) is 11.0. The molecule has 1 aliphatic carbocycles. The van der Waals surface area contributed by atoms with Gasteiger partial charge in [0.2, 0.25) is 0 Å². The second kappa shape index (κ2) is 8.78. The topological polar surface area (TPSA) is 63.3 Å². The number of carbonyl (C=O) groups is 1. The van der Waals surface area contributed by atoms with Gasteiger partial charge in [0.25, 0.3) is 5.91 Å². The zero-order valence-corrected chi connectivity index (χ0v) is 16.5. The number of hydrogen-bond donors (Lipinski definition) is 1. The molecule has 0 saturated carbocycles. The van der Waals surface area contributed by atoms with Crippen molar-refractivity contribution in [3.05, 3.63) is 53.8 Å². The van der Waals surface area contributed by atoms with Crippen molar-refractivity contribution in [2.24, 2.45) is 0 Å². The molecule has 2 aliphatic rings. The van der Waals surface area contributed by atoms with Crippen molar-refractivity contribution in [3.8, 4) is 0 Å². The molecule has 1 fully saturated rings. The second-order valence-corrected chi connectivity index (χ2v) is 7.85. The number of aromatic nitrogens is 2. The zero-order chi connectivity index (χ0) is 19.3. The first-order chi connectivity index (χ1) is 13.8. The zero-order valence-electron chi connectivity index (χ0n) is 16.5. The minimum atomic E-state index is 0.104. The maximum atomic E-state index is 13.3. The first-order valence-electron chi connectivity index (χ1n) is 10.5. The summed E-state index contributed by atoms with van der Waals surface area (Å²) >= 11 is 0. The van der Waals surface area contributed by atoms with Crippen LogP contribution >= 0.6 is 0 Å². The molecule has 1 amide bonds. The highest BCUT2D eigenvalue weighted by molar-refractivity contribution is 5.94. The van der Waals surface area contributed by atoms with Gasteiger partial charge in [-0.2, -0.15) is 5.10 Å². The number of allylic oxidation sites excluding steroid dienone is 1. The van der Waals surface area contributed by atoms with E-state index >= 15 is 0 Å². The Hall–Kier alpha value is -2.34. The normalized spacial score (nSPS) is 19.9. The summed E-state index contributed by atoms with van der Waals surface area (Å²) in [5.41, 5.74) is 2.98. The largest absolute Gasteiger partial charge is 0.468 e. The van der Waals surface area contributed by atoms with Gasteiger partial charge in [0.15, 0.2) is 5.69 Å². The molecule has 1 aliphatic heterocycles. The van der Waals surface area contributed by atoms with Gasteiger partial charge >= 0.3 is 0 Å². The first-order valence-corrected chi connectivity index (χ1v) is 10.5. The van der Waals surface area contributed by atoms with E-state index in [0.29, 0.717) is 24.8 Å². The van der Waals surface area contributed by atoms with Crippen LogP contribution in [0.5, 0.6) is 0 Å². The van der Waals surface area contributed by atoms with Crippen LogP contribution in [0.15, 0.2) is 35.5 Å². The standard InChI is InChI=1S/C22H30N4O2/c1-2-11-26-20-10-9-17(23-16-18-8-7-14-28-18)15-19(20)21(24-26)22(27)25-12-5-3-4-6-13-25/h2,7-8,14,17,23H,1,3-6,9-13,15-16H2/t17-/m0/s1. The Kier molecular flexibility index (Phi) is 5.95. The third-order valence-electron chi connectivity index (χ3n) is 5.89. The Bertz CT molecular complexity index is 801. The lowest BCUT2D eigenvalue weighted by atomic mass is 9.91. The first kappa shape index (κ1) is 19.0. The van der Waals surface area contributed by atoms with Crippen LogP contribution in [0.4, 0.5) is 0 Å². The van der Waals surface area contributed by atoms with Crippen molar-refractivity contribution in [3.63, 3.8) is 0 Å². The summed E-state index contributed by atoms with van der Waals surface area (Å²) in [6.45, 7) is 6.92. The van der Waals surface area contributed by atoms with Gasteiger partial charge in [-0.25, -0.2) is 0 Å². The van der Waals surface area contributed by atoms with Gasteiger partial charge in [-0.3, -0.25) is 9.48 Å². The Morgan fingerprint density at radius 2 is 2.14 bits per heavy atom. The lowest BCUT2D eigenvalue weighted by molar-refractivity contribution is 0.0753. The van der Waals surface area contributed by atoms with Crippen LogP contribution in [0, 0.1) is 0 Å². The molecule has 6 heteroatoms. The van der Waals surface area contributed by atoms with Crippen molar-refractivity contribution in [1.82, 2.24) is 20.0 Å². The van der Waals surface area contributed by atoms with Gasteiger partial charge in [0.1, 0.15) is 5.76 Å². The quantitative estimate of drug-likeness (QED) is 0.779. The molecule has 0 bridgehead atoms. The lowest BCUT2D eigenvalue weighted by Gasteiger charge is -2.25. The Morgan fingerprint density at radius 3 is 2.86 bits per heavy atom. The Labute approximate surface area is 166 Å². The lowest BCUT2D eigenvalue weighted by Crippen LogP contribution is -2.36. The molecular formula is C22H30N4O2. The highest BCUT2D eigenvalue weighted by atomic mass is 16.3. The second-order valence-electron chi connectivity index (χ2n) is 7.85. The van der Waals surface area contributed by atoms with E-state index in [1.807, 2.05) is 27.8 Å². The fourth-order valence-electron chi connectivity index (χ4n) is 4.39. The molecule has 1 saturated heterocycles. The third kappa shape index (κ3) is 4.07. The van der Waals surface area contributed by atoms with E-state index < -0.39 is 0 Å². The van der Waals surface area contributed by atoms with Gasteiger partial charge in [-0.15, -0.1) is 6.58 Å². The fourth-order valence-corrected chi connectivity index (χ4v) is 4.39. The minimum absolute atomic E-state index is 0.104. The molecule has 2 aromatic heterocycles. The predicted octanol–water partition coefficient (Wildman–Crippen LogP) is 3.33. The number of hydrogen-bond acceptors (Lipinski definition) is 4. The Balaban J connectivity index is 1.54. The van der Waals surface area contributed by atoms with Gasteiger partial charge in [0, 0.05) is 30.4 Å². The summed E-state index contributed by atoms with van der Waals surface area (Å²) < 4.78 is 7.41. The molecule has 0 unspecified atom stereocenters. The summed E-state index contributed by atoms with van der Waals surface area (Å²) in [5, 5.41) is 8.33. The summed E-state index contributed by atoms with van der Waals surface area (Å²) in [4.78, 5) is 15.3. The van der Waals surface area contributed by atoms with Crippen LogP contribution in [-0.2, 0) is 25.9 Å². The van der Waals surface area contributed by atoms with E-state index in [0.717, 1.165) is 56.5 Å². The Morgan fingerprint density at radius 1 is 1.32 bits per heavy atom. The molecule has 2 aromatic rings. The van der Waals surface area contributed by atoms with Crippen molar-refractivity contribution in [2.45, 2.75) is 64.1 Å². The average molecular weight is 383 g/mol. The van der Waals surface area contributed by atoms with E-state index in [2.05, 4.69) is 11.9 Å². The van der Waals surface area contributed by atoms with E-state index in [1.54, 1.807) is 6.26 Å². The minimum Gasteiger partial charge on any atom is -0.468 e. The molecule has 6 nitrogen and oxygen atoms in total. The molecule has 0 radical (unpaired) electrons. The number of fused-ring (bicyclic) bond motifs is 1. The SMILES string of the molecule is C=CCn1nc(C(=O)N2CCCCCC2)c2c1CC[C@H](NCc1ccco1)C2. The van der Waals surface area contributed by atoms with Crippen LogP contribution < -0.4 is 5.32 Å². The highest BCUT2D eigenvalue weighted by Gasteiger charge is 2.31. The average Bonchev–Trinajstić information content (AvgIpc) is 3.26. The molecule has 0 spiro atoms. The maximum Gasteiger partial charge on any atom is 0.274 e. The number of rotatable bonds is 6. The number of furan rings is 1. The van der Waals surface area contributed by atoms with Crippen LogP contribution in [0.25, 0.3) is 0 Å². The van der Waals surface area contributed by atoms with Gasteiger partial charge in [-0.05, 0) is 44.2 Å².